The fraction of sp³-hybridized carbons (Fsp3) is 0.825. The number of ketones is 1. The summed E-state index contributed by atoms with van der Waals surface area (Å²) in [5.74, 6) is -0.177. The minimum atomic E-state index is -2.40. The Morgan fingerprint density at radius 2 is 1.34 bits per heavy atom. The van der Waals surface area contributed by atoms with Crippen molar-refractivity contribution in [1.29, 1.82) is 0 Å². The van der Waals surface area contributed by atoms with Crippen LogP contribution in [0.3, 0.4) is 0 Å². The molecular weight excluding hydrogens is 807 g/mol. The number of nitrogens with one attached hydrogen (secondary N) is 1. The number of amides is 1. The third-order valence-corrected chi connectivity index (χ3v) is 27.7. The highest BCUT2D eigenvalue weighted by molar-refractivity contribution is 6.76. The van der Waals surface area contributed by atoms with Gasteiger partial charge >= 0.3 is 6.09 Å². The van der Waals surface area contributed by atoms with Gasteiger partial charge < -0.3 is 32.8 Å². The molecule has 1 fully saturated rings. The number of carbonyl (C=O) groups excluding carboxylic acids is 2. The molecule has 14 nitrogen and oxygen atoms in total. The number of nitrogens with zero attached hydrogens (tertiary/aromatic N) is 4. The molecule has 1 amide bonds. The van der Waals surface area contributed by atoms with Crippen molar-refractivity contribution in [3.63, 3.8) is 0 Å². The van der Waals surface area contributed by atoms with Gasteiger partial charge in [0.2, 0.25) is 0 Å². The van der Waals surface area contributed by atoms with Gasteiger partial charge in [0.15, 0.2) is 48.1 Å². The van der Waals surface area contributed by atoms with Crippen molar-refractivity contribution < 1.29 is 37.1 Å². The van der Waals surface area contributed by atoms with Gasteiger partial charge in [-0.25, -0.2) is 14.8 Å². The summed E-state index contributed by atoms with van der Waals surface area (Å²) in [6, 6.07) is 0.860. The van der Waals surface area contributed by atoms with Gasteiger partial charge in [0, 0.05) is 14.5 Å². The molecule has 0 unspecified atom stereocenters. The molecule has 0 bridgehead atoms. The molecule has 4 atom stereocenters. The highest BCUT2D eigenvalue weighted by Gasteiger charge is 2.55. The van der Waals surface area contributed by atoms with Crippen LogP contribution in [-0.2, 0) is 38.8 Å². The molecule has 1 aliphatic heterocycles. The summed E-state index contributed by atoms with van der Waals surface area (Å²) < 4.78 is 42.5. The molecule has 3 rings (SSSR count). The van der Waals surface area contributed by atoms with Gasteiger partial charge in [-0.2, -0.15) is 0 Å². The SMILES string of the molecule is CC(C)(C)[Si](C)(C)OC[C@H]1O[C@@H](n2cnc3c(=O)n(CCOCCC(=O)CNC(=O)OCC[Si](C)(C)C)cnc32)[C@H](O[Si](C)(C)C(C)(C)C)[C@@H]1O[Si](C)(C)C(C)(C)C. The lowest BCUT2D eigenvalue weighted by atomic mass is 10.1. The lowest BCUT2D eigenvalue weighted by Crippen LogP contribution is -2.54. The number of ether oxygens (including phenoxy) is 3. The summed E-state index contributed by atoms with van der Waals surface area (Å²) in [5, 5.41) is 2.35. The molecule has 2 aromatic heterocycles. The van der Waals surface area contributed by atoms with Gasteiger partial charge in [-0.1, -0.05) is 82.0 Å². The van der Waals surface area contributed by atoms with E-state index in [0.29, 0.717) is 18.9 Å². The van der Waals surface area contributed by atoms with E-state index in [2.05, 4.69) is 132 Å². The number of carbonyl (C=O) groups is 2. The van der Waals surface area contributed by atoms with E-state index in [-0.39, 0.29) is 64.7 Å². The van der Waals surface area contributed by atoms with Crippen LogP contribution in [0, 0.1) is 0 Å². The topological polar surface area (TPSA) is 154 Å². The van der Waals surface area contributed by atoms with Crippen LogP contribution in [0.1, 0.15) is 75.0 Å². The van der Waals surface area contributed by atoms with Crippen molar-refractivity contribution in [2.45, 2.75) is 180 Å². The van der Waals surface area contributed by atoms with Crippen LogP contribution in [0.4, 0.5) is 4.79 Å². The first kappa shape index (κ1) is 50.3. The average Bonchev–Trinajstić information content (AvgIpc) is 3.62. The lowest BCUT2D eigenvalue weighted by molar-refractivity contribution is -0.119. The van der Waals surface area contributed by atoms with Crippen molar-refractivity contribution >= 4 is 56.1 Å². The van der Waals surface area contributed by atoms with Crippen LogP contribution in [-0.4, -0.2) is 115 Å². The summed E-state index contributed by atoms with van der Waals surface area (Å²) in [6.45, 7) is 41.2. The van der Waals surface area contributed by atoms with Crippen molar-refractivity contribution in [2.24, 2.45) is 0 Å². The zero-order chi connectivity index (χ0) is 44.3. The van der Waals surface area contributed by atoms with Crippen LogP contribution in [0.2, 0.25) is 80.1 Å². The lowest BCUT2D eigenvalue weighted by Gasteiger charge is -2.44. The van der Waals surface area contributed by atoms with Gasteiger partial charge in [-0.05, 0) is 60.4 Å². The molecule has 3 heterocycles. The van der Waals surface area contributed by atoms with E-state index in [1.165, 1.54) is 10.9 Å². The number of alkyl carbamates (subject to hydrolysis) is 1. The number of hydrogen-bond donors (Lipinski definition) is 1. The minimum Gasteiger partial charge on any atom is -0.450 e. The molecule has 0 aliphatic carbocycles. The quantitative estimate of drug-likeness (QED) is 0.107. The van der Waals surface area contributed by atoms with E-state index in [1.807, 2.05) is 4.57 Å². The first-order valence-electron chi connectivity index (χ1n) is 20.9. The molecule has 332 valence electrons. The monoisotopic (exact) mass is 883 g/mol. The number of rotatable bonds is 19. The van der Waals surface area contributed by atoms with Crippen molar-refractivity contribution in [1.82, 2.24) is 24.4 Å². The summed E-state index contributed by atoms with van der Waals surface area (Å²) in [4.78, 5) is 47.3. The zero-order valence-electron chi connectivity index (χ0n) is 39.1. The largest absolute Gasteiger partial charge is 0.450 e. The van der Waals surface area contributed by atoms with Gasteiger partial charge in [-0.15, -0.1) is 0 Å². The summed E-state index contributed by atoms with van der Waals surface area (Å²) in [7, 11) is -8.22. The van der Waals surface area contributed by atoms with Gasteiger partial charge in [0.1, 0.15) is 24.6 Å². The van der Waals surface area contributed by atoms with E-state index in [0.717, 1.165) is 6.04 Å². The Labute approximate surface area is 352 Å². The molecule has 0 aromatic carbocycles. The molecule has 0 spiro atoms. The number of aromatic nitrogens is 4. The van der Waals surface area contributed by atoms with Crippen molar-refractivity contribution in [2.75, 3.05) is 33.0 Å². The Morgan fingerprint density at radius 1 is 0.776 bits per heavy atom. The van der Waals surface area contributed by atoms with Gasteiger partial charge in [0.05, 0.1) is 45.8 Å². The predicted octanol–water partition coefficient (Wildman–Crippen LogP) is 8.33. The number of imidazole rings is 1. The maximum absolute atomic E-state index is 13.8. The molecule has 18 heteroatoms. The van der Waals surface area contributed by atoms with Crippen LogP contribution in [0.5, 0.6) is 0 Å². The molecule has 1 aliphatic rings. The van der Waals surface area contributed by atoms with Gasteiger partial charge in [-0.3, -0.25) is 18.7 Å². The number of Topliss-reactive ketones (excluding diaryl/α,β-unsaturated/α-hetero) is 1. The smallest absolute Gasteiger partial charge is 0.407 e. The van der Waals surface area contributed by atoms with E-state index < -0.39 is 63.7 Å². The van der Waals surface area contributed by atoms with Crippen LogP contribution >= 0.6 is 0 Å². The van der Waals surface area contributed by atoms with Crippen LogP contribution < -0.4 is 10.9 Å². The second-order valence-corrected chi connectivity index (χ2v) is 41.5. The maximum Gasteiger partial charge on any atom is 0.407 e. The Balaban J connectivity index is 1.83. The van der Waals surface area contributed by atoms with E-state index in [9.17, 15) is 14.4 Å². The van der Waals surface area contributed by atoms with Crippen molar-refractivity contribution in [3.05, 3.63) is 23.0 Å². The Hall–Kier alpha value is -2.04. The average molecular weight is 884 g/mol. The molecule has 1 saturated heterocycles. The molecule has 58 heavy (non-hydrogen) atoms. The molecule has 2 aromatic rings. The minimum absolute atomic E-state index is 0.00588. The fourth-order valence-corrected chi connectivity index (χ4v) is 9.71. The van der Waals surface area contributed by atoms with Crippen LogP contribution in [0.15, 0.2) is 17.4 Å². The molecular formula is C40H77N5O9Si4. The summed E-state index contributed by atoms with van der Waals surface area (Å²) in [6.07, 6.45) is 0.580. The third kappa shape index (κ3) is 13.2. The first-order valence-corrected chi connectivity index (χ1v) is 33.3. The number of fused-ring (bicyclic) bond motifs is 1. The van der Waals surface area contributed by atoms with Gasteiger partial charge in [0.25, 0.3) is 5.56 Å². The molecule has 0 radical (unpaired) electrons. The molecule has 0 saturated carbocycles. The van der Waals surface area contributed by atoms with E-state index in [4.69, 9.17) is 32.5 Å². The Kier molecular flexibility index (Phi) is 16.4. The standard InChI is InChI=1S/C40H77N5O9Si4/c1-38(2,3)56(13,14)51-26-30-32(53-57(15,16)39(4,5)6)33(54-58(17,18)40(7,8)9)36(52-30)45-28-42-31-34(45)43-27-44(35(31)47)20-22-49-21-19-29(46)25-41-37(48)50-23-24-55(10,11)12/h27-28,30,32-33,36H,19-26H2,1-18H3,(H,41,48)/t30-,32-,33-,36-/m1/s1. The highest BCUT2D eigenvalue weighted by atomic mass is 28.4. The first-order chi connectivity index (χ1) is 26.3. The molecule has 1 N–H and O–H groups in total. The van der Waals surface area contributed by atoms with Crippen molar-refractivity contribution in [3.8, 4) is 0 Å². The Bertz CT molecular complexity index is 1750. The Morgan fingerprint density at radius 3 is 1.90 bits per heavy atom. The highest BCUT2D eigenvalue weighted by Crippen LogP contribution is 2.47. The normalized spacial score (nSPS) is 20.2. The summed E-state index contributed by atoms with van der Waals surface area (Å²) >= 11 is 0. The zero-order valence-corrected chi connectivity index (χ0v) is 43.1. The van der Waals surface area contributed by atoms with Crippen LogP contribution in [0.25, 0.3) is 11.2 Å². The van der Waals surface area contributed by atoms with E-state index >= 15 is 0 Å². The number of hydrogen-bond acceptors (Lipinski definition) is 11. The second kappa shape index (κ2) is 18.9. The summed E-state index contributed by atoms with van der Waals surface area (Å²) in [5.41, 5.74) is 0.287. The fourth-order valence-electron chi connectivity index (χ4n) is 5.38. The third-order valence-electron chi connectivity index (χ3n) is 12.5. The van der Waals surface area contributed by atoms with E-state index in [1.54, 1.807) is 6.33 Å². The maximum atomic E-state index is 13.8. The second-order valence-electron chi connectivity index (χ2n) is 21.6. The predicted molar refractivity (Wildman–Crippen MR) is 241 cm³/mol.